The fraction of sp³-hybridized carbons (Fsp3) is 0.150. The maximum absolute atomic E-state index is 12.4. The molecule has 3 rings (SSSR count). The Bertz CT molecular complexity index is 988. The number of benzene rings is 2. The molecule has 0 aliphatic heterocycles. The van der Waals surface area contributed by atoms with Crippen LogP contribution in [0.25, 0.3) is 10.6 Å². The molecule has 2 N–H and O–H groups in total. The Morgan fingerprint density at radius 3 is 2.57 bits per heavy atom. The zero-order chi connectivity index (χ0) is 20.1. The number of rotatable bonds is 7. The lowest BCUT2D eigenvalue weighted by Gasteiger charge is -2.15. The first kappa shape index (κ1) is 19.9. The molecule has 0 fully saturated rings. The first-order chi connectivity index (χ1) is 13.5. The molecule has 1 atom stereocenters. The number of carbonyl (C=O) groups is 2. The second kappa shape index (κ2) is 8.86. The van der Waals surface area contributed by atoms with Gasteiger partial charge in [0.05, 0.1) is 24.2 Å². The molecule has 0 spiro atoms. The van der Waals surface area contributed by atoms with E-state index in [1.807, 2.05) is 18.2 Å². The van der Waals surface area contributed by atoms with Crippen LogP contribution in [-0.4, -0.2) is 29.1 Å². The number of hydrogen-bond acceptors (Lipinski definition) is 5. The molecule has 0 aliphatic rings. The normalized spacial score (nSPS) is 11.6. The number of hydrogen-bond donors (Lipinski definition) is 2. The van der Waals surface area contributed by atoms with Crippen molar-refractivity contribution in [3.8, 4) is 16.3 Å². The number of halogens is 1. The molecule has 0 saturated carbocycles. The van der Waals surface area contributed by atoms with Gasteiger partial charge in [0, 0.05) is 10.9 Å². The molecule has 1 unspecified atom stereocenters. The van der Waals surface area contributed by atoms with Crippen molar-refractivity contribution in [2.24, 2.45) is 0 Å². The van der Waals surface area contributed by atoms with Gasteiger partial charge in [-0.25, -0.2) is 9.78 Å². The summed E-state index contributed by atoms with van der Waals surface area (Å²) in [5.74, 6) is -0.971. The predicted molar refractivity (Wildman–Crippen MR) is 108 cm³/mol. The molecule has 144 valence electrons. The molecule has 0 radical (unpaired) electrons. The van der Waals surface area contributed by atoms with E-state index in [1.54, 1.807) is 35.7 Å². The van der Waals surface area contributed by atoms with Crippen LogP contribution in [0.5, 0.6) is 5.75 Å². The SMILES string of the molecule is COc1ccc(C(NC(=O)Cc2csc(-c3ccccc3Cl)n2)C(=O)O)cc1. The van der Waals surface area contributed by atoms with Crippen LogP contribution in [-0.2, 0) is 16.0 Å². The summed E-state index contributed by atoms with van der Waals surface area (Å²) in [5, 5.41) is 15.1. The Hall–Kier alpha value is -2.90. The average Bonchev–Trinajstić information content (AvgIpc) is 3.14. The molecule has 1 heterocycles. The summed E-state index contributed by atoms with van der Waals surface area (Å²) in [6.45, 7) is 0. The molecule has 3 aromatic rings. The minimum absolute atomic E-state index is 0.0269. The Morgan fingerprint density at radius 2 is 1.93 bits per heavy atom. The number of carbonyl (C=O) groups excluding carboxylic acids is 1. The van der Waals surface area contributed by atoms with Crippen molar-refractivity contribution in [2.75, 3.05) is 7.11 Å². The highest BCUT2D eigenvalue weighted by molar-refractivity contribution is 7.13. The minimum atomic E-state index is -1.15. The third-order valence-corrected chi connectivity index (χ3v) is 5.25. The van der Waals surface area contributed by atoms with Gasteiger partial charge in [-0.15, -0.1) is 11.3 Å². The lowest BCUT2D eigenvalue weighted by atomic mass is 10.1. The van der Waals surface area contributed by atoms with Crippen molar-refractivity contribution in [3.63, 3.8) is 0 Å². The minimum Gasteiger partial charge on any atom is -0.497 e. The largest absolute Gasteiger partial charge is 0.497 e. The van der Waals surface area contributed by atoms with Gasteiger partial charge in [0.15, 0.2) is 6.04 Å². The number of methoxy groups -OCH3 is 1. The van der Waals surface area contributed by atoms with Gasteiger partial charge in [0.2, 0.25) is 5.91 Å². The average molecular weight is 417 g/mol. The Balaban J connectivity index is 1.70. The maximum Gasteiger partial charge on any atom is 0.330 e. The topological polar surface area (TPSA) is 88.5 Å². The molecule has 28 heavy (non-hydrogen) atoms. The summed E-state index contributed by atoms with van der Waals surface area (Å²) in [4.78, 5) is 28.4. The van der Waals surface area contributed by atoms with Crippen molar-refractivity contribution in [1.29, 1.82) is 0 Å². The second-order valence-electron chi connectivity index (χ2n) is 5.91. The molecule has 0 bridgehead atoms. The monoisotopic (exact) mass is 416 g/mol. The van der Waals surface area contributed by atoms with Gasteiger partial charge in [-0.1, -0.05) is 41.9 Å². The molecule has 8 heteroatoms. The maximum atomic E-state index is 12.4. The molecule has 2 aromatic carbocycles. The highest BCUT2D eigenvalue weighted by Gasteiger charge is 2.22. The third-order valence-electron chi connectivity index (χ3n) is 4.00. The number of nitrogens with zero attached hydrogens (tertiary/aromatic N) is 1. The van der Waals surface area contributed by atoms with Crippen molar-refractivity contribution in [1.82, 2.24) is 10.3 Å². The lowest BCUT2D eigenvalue weighted by Crippen LogP contribution is -2.34. The standard InChI is InChI=1S/C20H17ClN2O4S/c1-27-14-8-6-12(7-9-14)18(20(25)26)23-17(24)10-13-11-28-19(22-13)15-4-2-3-5-16(15)21/h2-9,11,18H,10H2,1H3,(H,23,24)(H,25,26). The van der Waals surface area contributed by atoms with Crippen LogP contribution in [0.1, 0.15) is 17.3 Å². The summed E-state index contributed by atoms with van der Waals surface area (Å²) < 4.78 is 5.07. The van der Waals surface area contributed by atoms with Crippen LogP contribution < -0.4 is 10.1 Å². The van der Waals surface area contributed by atoms with Crippen molar-refractivity contribution in [3.05, 3.63) is 70.2 Å². The molecular weight excluding hydrogens is 400 g/mol. The number of thiazole rings is 1. The summed E-state index contributed by atoms with van der Waals surface area (Å²) in [6.07, 6.45) is -0.0269. The summed E-state index contributed by atoms with van der Waals surface area (Å²) in [6, 6.07) is 12.7. The van der Waals surface area contributed by atoms with Gasteiger partial charge in [-0.3, -0.25) is 4.79 Å². The van der Waals surface area contributed by atoms with Crippen molar-refractivity contribution >= 4 is 34.8 Å². The number of amides is 1. The van der Waals surface area contributed by atoms with Crippen molar-refractivity contribution < 1.29 is 19.4 Å². The first-order valence-corrected chi connectivity index (χ1v) is 9.59. The van der Waals surface area contributed by atoms with Crippen LogP contribution >= 0.6 is 22.9 Å². The van der Waals surface area contributed by atoms with E-state index in [2.05, 4.69) is 10.3 Å². The fourth-order valence-corrected chi connectivity index (χ4v) is 3.75. The van der Waals surface area contributed by atoms with E-state index >= 15 is 0 Å². The van der Waals surface area contributed by atoms with E-state index in [4.69, 9.17) is 16.3 Å². The van der Waals surface area contributed by atoms with E-state index in [0.717, 1.165) is 5.56 Å². The van der Waals surface area contributed by atoms with E-state index in [0.29, 0.717) is 27.0 Å². The quantitative estimate of drug-likeness (QED) is 0.608. The third kappa shape index (κ3) is 4.68. The molecule has 0 saturated heterocycles. The van der Waals surface area contributed by atoms with Gasteiger partial charge in [-0.05, 0) is 23.8 Å². The van der Waals surface area contributed by atoms with Crippen LogP contribution in [0.2, 0.25) is 5.02 Å². The van der Waals surface area contributed by atoms with Gasteiger partial charge >= 0.3 is 5.97 Å². The Morgan fingerprint density at radius 1 is 1.21 bits per heavy atom. The van der Waals surface area contributed by atoms with Crippen LogP contribution in [0.3, 0.4) is 0 Å². The van der Waals surface area contributed by atoms with Gasteiger partial charge in [-0.2, -0.15) is 0 Å². The number of ether oxygens (including phenoxy) is 1. The molecule has 1 aromatic heterocycles. The van der Waals surface area contributed by atoms with E-state index in [-0.39, 0.29) is 6.42 Å². The smallest absolute Gasteiger partial charge is 0.330 e. The summed E-state index contributed by atoms with van der Waals surface area (Å²) >= 11 is 7.56. The van der Waals surface area contributed by atoms with Crippen LogP contribution in [0.15, 0.2) is 53.9 Å². The van der Waals surface area contributed by atoms with Crippen LogP contribution in [0, 0.1) is 0 Å². The van der Waals surface area contributed by atoms with Crippen molar-refractivity contribution in [2.45, 2.75) is 12.5 Å². The summed E-state index contributed by atoms with van der Waals surface area (Å²) in [7, 11) is 1.52. The number of aliphatic carboxylic acids is 1. The Labute approximate surface area is 170 Å². The van der Waals surface area contributed by atoms with Gasteiger partial charge in [0.1, 0.15) is 10.8 Å². The van der Waals surface area contributed by atoms with Crippen LogP contribution in [0.4, 0.5) is 0 Å². The van der Waals surface area contributed by atoms with Gasteiger partial charge < -0.3 is 15.2 Å². The highest BCUT2D eigenvalue weighted by atomic mass is 35.5. The number of nitrogens with one attached hydrogen (secondary N) is 1. The summed E-state index contributed by atoms with van der Waals surface area (Å²) in [5.41, 5.74) is 1.80. The molecular formula is C20H17ClN2O4S. The molecule has 0 aliphatic carbocycles. The van der Waals surface area contributed by atoms with Gasteiger partial charge in [0.25, 0.3) is 0 Å². The molecule has 6 nitrogen and oxygen atoms in total. The molecule has 1 amide bonds. The number of carboxylic acids is 1. The fourth-order valence-electron chi connectivity index (χ4n) is 2.61. The first-order valence-electron chi connectivity index (χ1n) is 8.33. The lowest BCUT2D eigenvalue weighted by molar-refractivity contribution is -0.142. The zero-order valence-corrected chi connectivity index (χ0v) is 16.5. The zero-order valence-electron chi connectivity index (χ0n) is 14.9. The Kier molecular flexibility index (Phi) is 6.28. The van der Waals surface area contributed by atoms with E-state index < -0.39 is 17.9 Å². The van der Waals surface area contributed by atoms with E-state index in [1.165, 1.54) is 18.4 Å². The number of aromatic nitrogens is 1. The van der Waals surface area contributed by atoms with E-state index in [9.17, 15) is 14.7 Å². The number of carboxylic acid groups (broad SMARTS) is 1. The predicted octanol–water partition coefficient (Wildman–Crippen LogP) is 3.96. The second-order valence-corrected chi connectivity index (χ2v) is 7.18. The highest BCUT2D eigenvalue weighted by Crippen LogP contribution is 2.30.